The van der Waals surface area contributed by atoms with Gasteiger partial charge < -0.3 is 15.0 Å². The maximum absolute atomic E-state index is 14.0. The third kappa shape index (κ3) is 4.25. The zero-order valence-corrected chi connectivity index (χ0v) is 19.5. The highest BCUT2D eigenvalue weighted by atomic mass is 32.2. The molecule has 0 unspecified atom stereocenters. The molecule has 1 aliphatic heterocycles. The first-order chi connectivity index (χ1) is 16.5. The molecule has 0 spiro atoms. The van der Waals surface area contributed by atoms with E-state index in [0.29, 0.717) is 46.5 Å². The minimum atomic E-state index is -0.503. The highest BCUT2D eigenvalue weighted by Gasteiger charge is 2.37. The Labute approximate surface area is 200 Å². The highest BCUT2D eigenvalue weighted by Crippen LogP contribution is 2.43. The molecule has 0 bridgehead atoms. The maximum atomic E-state index is 14.0. The molecule has 0 radical (unpaired) electrons. The molecular weight excluding hydrogens is 453 g/mol. The molecule has 34 heavy (non-hydrogen) atoms. The molecule has 0 saturated carbocycles. The number of nitrogens with zero attached hydrogens (tertiary/aromatic N) is 1. The smallest absolute Gasteiger partial charge is 0.257 e. The minimum absolute atomic E-state index is 0.0516. The van der Waals surface area contributed by atoms with Gasteiger partial charge in [0.15, 0.2) is 10.9 Å². The first kappa shape index (κ1) is 22.4. The van der Waals surface area contributed by atoms with Crippen molar-refractivity contribution in [3.05, 3.63) is 92.7 Å². The predicted octanol–water partition coefficient (Wildman–Crippen LogP) is 5.16. The number of fused-ring (bicyclic) bond motifs is 1. The Morgan fingerprint density at radius 1 is 1.12 bits per heavy atom. The number of benzene rings is 2. The second-order valence-corrected chi connectivity index (χ2v) is 9.21. The Morgan fingerprint density at radius 3 is 2.68 bits per heavy atom. The van der Waals surface area contributed by atoms with E-state index in [1.165, 1.54) is 17.8 Å². The van der Waals surface area contributed by atoms with E-state index in [1.807, 2.05) is 31.2 Å². The van der Waals surface area contributed by atoms with Gasteiger partial charge in [0, 0.05) is 29.4 Å². The molecule has 8 heteroatoms. The normalized spacial score (nSPS) is 17.1. The summed E-state index contributed by atoms with van der Waals surface area (Å²) in [4.78, 5) is 33.8. The Balaban J connectivity index is 1.54. The topological polar surface area (TPSA) is 84.1 Å². The van der Waals surface area contributed by atoms with Crippen molar-refractivity contribution in [3.63, 3.8) is 0 Å². The summed E-state index contributed by atoms with van der Waals surface area (Å²) in [6, 6.07) is 14.1. The van der Waals surface area contributed by atoms with Crippen LogP contribution in [0.2, 0.25) is 0 Å². The number of nitrogens with one attached hydrogen (secondary N) is 2. The third-order valence-electron chi connectivity index (χ3n) is 6.08. The van der Waals surface area contributed by atoms with Gasteiger partial charge in [-0.1, -0.05) is 42.1 Å². The molecule has 2 aliphatic rings. The fourth-order valence-electron chi connectivity index (χ4n) is 4.53. The number of aromatic nitrogens is 2. The number of H-pyrrole nitrogens is 1. The Bertz CT molecular complexity index is 1330. The molecule has 1 aromatic heterocycles. The molecule has 1 atom stereocenters. The Kier molecular flexibility index (Phi) is 6.24. The predicted molar refractivity (Wildman–Crippen MR) is 130 cm³/mol. The largest absolute Gasteiger partial charge is 0.494 e. The molecule has 6 nitrogen and oxygen atoms in total. The van der Waals surface area contributed by atoms with Crippen molar-refractivity contribution in [2.24, 2.45) is 0 Å². The zero-order chi connectivity index (χ0) is 23.7. The quantitative estimate of drug-likeness (QED) is 0.377. The molecule has 5 rings (SSSR count). The van der Waals surface area contributed by atoms with Crippen LogP contribution in [0.1, 0.15) is 48.8 Å². The van der Waals surface area contributed by atoms with E-state index in [2.05, 4.69) is 15.3 Å². The van der Waals surface area contributed by atoms with E-state index >= 15 is 0 Å². The van der Waals surface area contributed by atoms with E-state index in [9.17, 15) is 14.0 Å². The molecular formula is C26H24FN3O3S. The van der Waals surface area contributed by atoms with Crippen LogP contribution in [0.15, 0.2) is 69.8 Å². The minimum Gasteiger partial charge on any atom is -0.494 e. The van der Waals surface area contributed by atoms with E-state index in [0.717, 1.165) is 29.9 Å². The number of anilines is 1. The van der Waals surface area contributed by atoms with Crippen molar-refractivity contribution in [2.75, 3.05) is 11.9 Å². The van der Waals surface area contributed by atoms with Crippen LogP contribution in [0.25, 0.3) is 0 Å². The van der Waals surface area contributed by atoms with Gasteiger partial charge in [0.25, 0.3) is 5.56 Å². The van der Waals surface area contributed by atoms with Crippen LogP contribution in [0.3, 0.4) is 0 Å². The van der Waals surface area contributed by atoms with Crippen LogP contribution >= 0.6 is 11.8 Å². The van der Waals surface area contributed by atoms with Gasteiger partial charge in [0.2, 0.25) is 0 Å². The van der Waals surface area contributed by atoms with Crippen molar-refractivity contribution in [1.29, 1.82) is 0 Å². The van der Waals surface area contributed by atoms with Gasteiger partial charge in [-0.2, -0.15) is 0 Å². The number of ether oxygens (including phenoxy) is 1. The van der Waals surface area contributed by atoms with E-state index < -0.39 is 5.92 Å². The van der Waals surface area contributed by atoms with Gasteiger partial charge in [-0.25, -0.2) is 9.37 Å². The highest BCUT2D eigenvalue weighted by molar-refractivity contribution is 7.98. The number of rotatable bonds is 6. The van der Waals surface area contributed by atoms with Crippen LogP contribution in [0, 0.1) is 5.82 Å². The van der Waals surface area contributed by atoms with E-state index in [-0.39, 0.29) is 17.2 Å². The number of aromatic amines is 1. The SMILES string of the molecule is CCOc1ccc([C@H]2C3=C(CCCC3=O)Nc3nc(SCc4ccccc4F)[nH]c(=O)c32)cc1. The fourth-order valence-corrected chi connectivity index (χ4v) is 5.37. The lowest BCUT2D eigenvalue weighted by molar-refractivity contribution is -0.116. The lowest BCUT2D eigenvalue weighted by Crippen LogP contribution is -2.32. The average Bonchev–Trinajstić information content (AvgIpc) is 2.83. The fraction of sp³-hybridized carbons (Fsp3) is 0.269. The van der Waals surface area contributed by atoms with Gasteiger partial charge in [0.05, 0.1) is 12.2 Å². The van der Waals surface area contributed by atoms with Gasteiger partial charge in [-0.15, -0.1) is 0 Å². The molecule has 2 heterocycles. The number of allylic oxidation sites excluding steroid dienone is 2. The Morgan fingerprint density at radius 2 is 1.91 bits per heavy atom. The number of hydrogen-bond donors (Lipinski definition) is 2. The summed E-state index contributed by atoms with van der Waals surface area (Å²) >= 11 is 1.26. The standard InChI is InChI=1S/C26H24FN3O3S/c1-2-33-17-12-10-15(11-13-17)21-22-19(8-5-9-20(22)31)28-24-23(21)25(32)30-26(29-24)34-14-16-6-3-4-7-18(16)27/h3-4,6-7,10-13,21H,2,5,8-9,14H2,1H3,(H2,28,29,30,32)/t21-/m0/s1. The zero-order valence-electron chi connectivity index (χ0n) is 18.7. The van der Waals surface area contributed by atoms with E-state index in [4.69, 9.17) is 4.74 Å². The molecule has 0 saturated heterocycles. The molecule has 1 aliphatic carbocycles. The number of ketones is 1. The summed E-state index contributed by atoms with van der Waals surface area (Å²) < 4.78 is 19.6. The first-order valence-corrected chi connectivity index (χ1v) is 12.3. The summed E-state index contributed by atoms with van der Waals surface area (Å²) in [5.41, 5.74) is 2.96. The molecule has 2 N–H and O–H groups in total. The molecule has 2 aromatic carbocycles. The second kappa shape index (κ2) is 9.46. The van der Waals surface area contributed by atoms with Crippen molar-refractivity contribution in [1.82, 2.24) is 9.97 Å². The van der Waals surface area contributed by atoms with Crippen LogP contribution in [-0.4, -0.2) is 22.4 Å². The number of thioether (sulfide) groups is 1. The summed E-state index contributed by atoms with van der Waals surface area (Å²) in [5, 5.41) is 3.67. The average molecular weight is 478 g/mol. The van der Waals surface area contributed by atoms with Crippen LogP contribution in [-0.2, 0) is 10.5 Å². The summed E-state index contributed by atoms with van der Waals surface area (Å²) in [6.07, 6.45) is 1.94. The van der Waals surface area contributed by atoms with Crippen LogP contribution < -0.4 is 15.6 Å². The van der Waals surface area contributed by atoms with Crippen LogP contribution in [0.5, 0.6) is 5.75 Å². The third-order valence-corrected chi connectivity index (χ3v) is 7.01. The lowest BCUT2D eigenvalue weighted by Gasteiger charge is -2.32. The lowest BCUT2D eigenvalue weighted by atomic mass is 9.76. The van der Waals surface area contributed by atoms with E-state index in [1.54, 1.807) is 18.2 Å². The number of carbonyl (C=O) groups is 1. The number of Topliss-reactive ketones (excluding diaryl/α,β-unsaturated/α-hetero) is 1. The number of hydrogen-bond acceptors (Lipinski definition) is 6. The van der Waals surface area contributed by atoms with Gasteiger partial charge in [0.1, 0.15) is 17.4 Å². The van der Waals surface area contributed by atoms with Crippen molar-refractivity contribution < 1.29 is 13.9 Å². The van der Waals surface area contributed by atoms with Gasteiger partial charge >= 0.3 is 0 Å². The molecule has 3 aromatic rings. The Hall–Kier alpha value is -3.39. The first-order valence-electron chi connectivity index (χ1n) is 11.3. The maximum Gasteiger partial charge on any atom is 0.257 e. The monoisotopic (exact) mass is 477 g/mol. The van der Waals surface area contributed by atoms with Crippen LogP contribution in [0.4, 0.5) is 10.2 Å². The summed E-state index contributed by atoms with van der Waals surface area (Å²) in [7, 11) is 0. The second-order valence-electron chi connectivity index (χ2n) is 8.24. The molecule has 0 fully saturated rings. The number of carbonyl (C=O) groups excluding carboxylic acids is 1. The van der Waals surface area contributed by atoms with Gasteiger partial charge in [-0.05, 0) is 49.1 Å². The molecule has 0 amide bonds. The van der Waals surface area contributed by atoms with Crippen molar-refractivity contribution in [3.8, 4) is 5.75 Å². The summed E-state index contributed by atoms with van der Waals surface area (Å²) in [6.45, 7) is 2.47. The van der Waals surface area contributed by atoms with Crippen molar-refractivity contribution in [2.45, 2.75) is 43.0 Å². The molecule has 174 valence electrons. The van der Waals surface area contributed by atoms with Crippen molar-refractivity contribution >= 4 is 23.4 Å². The summed E-state index contributed by atoms with van der Waals surface area (Å²) in [5.74, 6) is 0.777. The number of halogens is 1. The van der Waals surface area contributed by atoms with Gasteiger partial charge in [-0.3, -0.25) is 9.59 Å².